The maximum atomic E-state index is 5.19. The monoisotopic (exact) mass is 279 g/mol. The summed E-state index contributed by atoms with van der Waals surface area (Å²) in [5.41, 5.74) is 0.413. The van der Waals surface area contributed by atoms with Gasteiger partial charge in [0, 0.05) is 25.0 Å². The molecular weight excluding hydrogens is 254 g/mol. The number of rotatable bonds is 8. The van der Waals surface area contributed by atoms with Crippen LogP contribution in [0.2, 0.25) is 0 Å². The van der Waals surface area contributed by atoms with Crippen LogP contribution in [0.15, 0.2) is 0 Å². The van der Waals surface area contributed by atoms with Crippen molar-refractivity contribution in [3.8, 4) is 0 Å². The molecule has 0 radical (unpaired) electrons. The van der Waals surface area contributed by atoms with E-state index in [9.17, 15) is 0 Å². The van der Waals surface area contributed by atoms with E-state index in [1.165, 1.54) is 12.8 Å². The molecule has 0 aromatic heterocycles. The molecule has 0 rings (SSSR count). The molecule has 15 heavy (non-hydrogen) atoms. The first-order chi connectivity index (χ1) is 7.05. The van der Waals surface area contributed by atoms with E-state index in [1.807, 2.05) is 0 Å². The number of hydrogen-bond donors (Lipinski definition) is 0. The normalized spacial score (nSPS) is 14.6. The van der Waals surface area contributed by atoms with E-state index in [0.29, 0.717) is 11.5 Å². The molecule has 0 bridgehead atoms. The van der Waals surface area contributed by atoms with Gasteiger partial charge in [-0.2, -0.15) is 0 Å². The van der Waals surface area contributed by atoms with Crippen LogP contribution in [-0.4, -0.2) is 43.6 Å². The summed E-state index contributed by atoms with van der Waals surface area (Å²) in [7, 11) is 3.95. The number of methoxy groups -OCH3 is 1. The van der Waals surface area contributed by atoms with Crippen molar-refractivity contribution in [2.24, 2.45) is 5.41 Å². The minimum absolute atomic E-state index is 0.413. The Kier molecular flexibility index (Phi) is 7.84. The predicted molar refractivity (Wildman–Crippen MR) is 70.8 cm³/mol. The van der Waals surface area contributed by atoms with E-state index in [4.69, 9.17) is 4.74 Å². The Bertz CT molecular complexity index is 151. The highest BCUT2D eigenvalue weighted by atomic mass is 79.9. The Morgan fingerprint density at radius 2 is 1.87 bits per heavy atom. The van der Waals surface area contributed by atoms with Crippen LogP contribution in [0.1, 0.15) is 33.6 Å². The molecule has 0 aromatic rings. The molecule has 1 unspecified atom stereocenters. The van der Waals surface area contributed by atoms with Crippen LogP contribution in [-0.2, 0) is 4.74 Å². The van der Waals surface area contributed by atoms with Gasteiger partial charge in [0.2, 0.25) is 0 Å². The van der Waals surface area contributed by atoms with Crippen LogP contribution in [0.4, 0.5) is 0 Å². The van der Waals surface area contributed by atoms with Gasteiger partial charge in [-0.15, -0.1) is 0 Å². The fraction of sp³-hybridized carbons (Fsp3) is 1.00. The third-order valence-electron chi connectivity index (χ3n) is 3.53. The fourth-order valence-electron chi connectivity index (χ4n) is 1.76. The summed E-state index contributed by atoms with van der Waals surface area (Å²) < 4.78 is 5.19. The Morgan fingerprint density at radius 1 is 1.33 bits per heavy atom. The molecule has 1 atom stereocenters. The van der Waals surface area contributed by atoms with Gasteiger partial charge in [0.1, 0.15) is 0 Å². The summed E-state index contributed by atoms with van der Waals surface area (Å²) in [5.74, 6) is 0. The predicted octanol–water partition coefficient (Wildman–Crippen LogP) is 3.15. The number of ether oxygens (including phenoxy) is 1. The maximum absolute atomic E-state index is 5.19. The first-order valence-electron chi connectivity index (χ1n) is 5.80. The van der Waals surface area contributed by atoms with Crippen molar-refractivity contribution in [2.45, 2.75) is 39.7 Å². The van der Waals surface area contributed by atoms with Gasteiger partial charge < -0.3 is 9.64 Å². The minimum atomic E-state index is 0.413. The Hall–Kier alpha value is 0.400. The van der Waals surface area contributed by atoms with Crippen molar-refractivity contribution in [2.75, 3.05) is 32.6 Å². The molecule has 0 aliphatic rings. The molecule has 0 heterocycles. The van der Waals surface area contributed by atoms with Gasteiger partial charge in [-0.05, 0) is 32.2 Å². The van der Waals surface area contributed by atoms with Crippen molar-refractivity contribution in [1.82, 2.24) is 4.90 Å². The average Bonchev–Trinajstić information content (AvgIpc) is 2.26. The lowest BCUT2D eigenvalue weighted by Crippen LogP contribution is -2.42. The third-order valence-corrected chi connectivity index (χ3v) is 4.72. The van der Waals surface area contributed by atoms with Crippen LogP contribution in [0.5, 0.6) is 0 Å². The van der Waals surface area contributed by atoms with E-state index in [0.717, 1.165) is 18.5 Å². The maximum Gasteiger partial charge on any atom is 0.0615 e. The number of nitrogens with zero attached hydrogens (tertiary/aromatic N) is 1. The van der Waals surface area contributed by atoms with Crippen molar-refractivity contribution in [1.29, 1.82) is 0 Å². The Labute approximate surface area is 103 Å². The lowest BCUT2D eigenvalue weighted by atomic mass is 9.84. The van der Waals surface area contributed by atoms with Gasteiger partial charge in [0.15, 0.2) is 0 Å². The summed E-state index contributed by atoms with van der Waals surface area (Å²) in [6, 6.07) is 0.492. The van der Waals surface area contributed by atoms with Crippen LogP contribution in [0.25, 0.3) is 0 Å². The number of hydrogen-bond acceptors (Lipinski definition) is 2. The highest BCUT2D eigenvalue weighted by molar-refractivity contribution is 9.09. The SMILES string of the molecule is CCC(CC)(CBr)CN(C)C(C)COC. The van der Waals surface area contributed by atoms with Crippen LogP contribution in [0, 0.1) is 5.41 Å². The summed E-state index contributed by atoms with van der Waals surface area (Å²) in [4.78, 5) is 2.40. The second-order valence-corrected chi connectivity index (χ2v) is 5.12. The second kappa shape index (κ2) is 7.64. The molecule has 0 saturated carbocycles. The average molecular weight is 280 g/mol. The van der Waals surface area contributed by atoms with Crippen LogP contribution in [0.3, 0.4) is 0 Å². The van der Waals surface area contributed by atoms with Gasteiger partial charge >= 0.3 is 0 Å². The van der Waals surface area contributed by atoms with Crippen molar-refractivity contribution in [3.05, 3.63) is 0 Å². The van der Waals surface area contributed by atoms with E-state index in [2.05, 4.69) is 48.6 Å². The topological polar surface area (TPSA) is 12.5 Å². The molecule has 2 nitrogen and oxygen atoms in total. The standard InChI is InChI=1S/C12H26BrNO/c1-6-12(7-2,9-13)10-14(4)11(3)8-15-5/h11H,6-10H2,1-5H3. The summed E-state index contributed by atoms with van der Waals surface area (Å²) in [5, 5.41) is 1.08. The molecule has 0 amide bonds. The molecule has 0 aromatic carbocycles. The first kappa shape index (κ1) is 15.4. The Morgan fingerprint density at radius 3 is 2.20 bits per heavy atom. The third kappa shape index (κ3) is 4.83. The Balaban J connectivity index is 4.27. The van der Waals surface area contributed by atoms with E-state index in [-0.39, 0.29) is 0 Å². The van der Waals surface area contributed by atoms with Crippen LogP contribution >= 0.6 is 15.9 Å². The largest absolute Gasteiger partial charge is 0.383 e. The van der Waals surface area contributed by atoms with Crippen molar-refractivity contribution in [3.63, 3.8) is 0 Å². The molecule has 0 fully saturated rings. The van der Waals surface area contributed by atoms with Crippen molar-refractivity contribution < 1.29 is 4.74 Å². The second-order valence-electron chi connectivity index (χ2n) is 4.56. The smallest absolute Gasteiger partial charge is 0.0615 e. The number of halogens is 1. The van der Waals surface area contributed by atoms with Gasteiger partial charge in [-0.1, -0.05) is 29.8 Å². The quantitative estimate of drug-likeness (QED) is 0.633. The zero-order valence-electron chi connectivity index (χ0n) is 10.8. The van der Waals surface area contributed by atoms with Crippen LogP contribution < -0.4 is 0 Å². The molecule has 0 N–H and O–H groups in total. The highest BCUT2D eigenvalue weighted by Gasteiger charge is 2.27. The summed E-state index contributed by atoms with van der Waals surface area (Å²) >= 11 is 3.65. The zero-order valence-corrected chi connectivity index (χ0v) is 12.4. The molecule has 92 valence electrons. The van der Waals surface area contributed by atoms with Crippen molar-refractivity contribution >= 4 is 15.9 Å². The van der Waals surface area contributed by atoms with Gasteiger partial charge in [0.25, 0.3) is 0 Å². The number of alkyl halides is 1. The molecule has 3 heteroatoms. The number of likely N-dealkylation sites (N-methyl/N-ethyl adjacent to an activating group) is 1. The van der Waals surface area contributed by atoms with E-state index in [1.54, 1.807) is 7.11 Å². The molecule has 0 saturated heterocycles. The molecular formula is C12H26BrNO. The van der Waals surface area contributed by atoms with Gasteiger partial charge in [-0.25, -0.2) is 0 Å². The highest BCUT2D eigenvalue weighted by Crippen LogP contribution is 2.30. The first-order valence-corrected chi connectivity index (χ1v) is 6.92. The lowest BCUT2D eigenvalue weighted by Gasteiger charge is -2.36. The minimum Gasteiger partial charge on any atom is -0.383 e. The van der Waals surface area contributed by atoms with E-state index >= 15 is 0 Å². The summed E-state index contributed by atoms with van der Waals surface area (Å²) in [6.45, 7) is 8.71. The van der Waals surface area contributed by atoms with Gasteiger partial charge in [0.05, 0.1) is 6.61 Å². The molecule has 0 aliphatic carbocycles. The van der Waals surface area contributed by atoms with E-state index < -0.39 is 0 Å². The lowest BCUT2D eigenvalue weighted by molar-refractivity contribution is 0.0845. The zero-order chi connectivity index (χ0) is 11.9. The molecule has 0 spiro atoms. The molecule has 0 aliphatic heterocycles. The fourth-order valence-corrected chi connectivity index (χ4v) is 2.73. The van der Waals surface area contributed by atoms with Gasteiger partial charge in [-0.3, -0.25) is 0 Å². The summed E-state index contributed by atoms with van der Waals surface area (Å²) in [6.07, 6.45) is 2.44.